The van der Waals surface area contributed by atoms with Crippen LogP contribution in [0.3, 0.4) is 0 Å². The monoisotopic (exact) mass is 351 g/mol. The van der Waals surface area contributed by atoms with Gasteiger partial charge in [0.15, 0.2) is 11.6 Å². The van der Waals surface area contributed by atoms with Crippen LogP contribution in [0.4, 0.5) is 5.82 Å². The molecule has 1 unspecified atom stereocenters. The van der Waals surface area contributed by atoms with E-state index in [1.165, 1.54) is 0 Å². The molecule has 1 aromatic heterocycles. The van der Waals surface area contributed by atoms with Crippen LogP contribution in [0.2, 0.25) is 5.02 Å². The number of carbonyl (C=O) groups is 2. The number of nitrogens with one attached hydrogen (secondary N) is 2. The summed E-state index contributed by atoms with van der Waals surface area (Å²) in [7, 11) is 0. The van der Waals surface area contributed by atoms with Crippen molar-refractivity contribution >= 4 is 29.1 Å². The Hall–Kier alpha value is -2.92. The number of amides is 1. The van der Waals surface area contributed by atoms with Crippen molar-refractivity contribution in [2.45, 2.75) is 12.3 Å². The fourth-order valence-corrected chi connectivity index (χ4v) is 3.34. The smallest absolute Gasteiger partial charge is 0.226 e. The molecule has 25 heavy (non-hydrogen) atoms. The van der Waals surface area contributed by atoms with Gasteiger partial charge in [-0.2, -0.15) is 5.10 Å². The molecular weight excluding hydrogens is 338 g/mol. The molecule has 2 heterocycles. The Labute approximate surface area is 149 Å². The van der Waals surface area contributed by atoms with Crippen molar-refractivity contribution in [3.8, 4) is 11.3 Å². The Bertz CT molecular complexity index is 966. The molecule has 0 fully saturated rings. The molecule has 0 bridgehead atoms. The number of anilines is 1. The third kappa shape index (κ3) is 2.83. The number of carbonyl (C=O) groups excluding carboxylic acids is 2. The molecule has 0 saturated carbocycles. The van der Waals surface area contributed by atoms with Crippen molar-refractivity contribution in [1.29, 1.82) is 0 Å². The second kappa shape index (κ2) is 6.18. The minimum Gasteiger partial charge on any atom is -0.309 e. The number of benzene rings is 2. The Morgan fingerprint density at radius 1 is 1.12 bits per heavy atom. The van der Waals surface area contributed by atoms with E-state index in [1.54, 1.807) is 24.3 Å². The number of aromatic nitrogens is 2. The molecule has 0 spiro atoms. The van der Waals surface area contributed by atoms with E-state index in [0.717, 1.165) is 16.8 Å². The van der Waals surface area contributed by atoms with Crippen LogP contribution in [0.5, 0.6) is 0 Å². The number of fused-ring (bicyclic) bond motifs is 1. The van der Waals surface area contributed by atoms with Crippen molar-refractivity contribution in [3.63, 3.8) is 0 Å². The van der Waals surface area contributed by atoms with Crippen molar-refractivity contribution in [2.24, 2.45) is 0 Å². The number of rotatable bonds is 3. The van der Waals surface area contributed by atoms with Crippen molar-refractivity contribution in [3.05, 3.63) is 70.7 Å². The van der Waals surface area contributed by atoms with E-state index in [0.29, 0.717) is 16.4 Å². The third-order valence-electron chi connectivity index (χ3n) is 4.29. The van der Waals surface area contributed by atoms with Crippen LogP contribution in [0.1, 0.15) is 28.3 Å². The molecule has 3 aromatic rings. The summed E-state index contributed by atoms with van der Waals surface area (Å²) in [5.74, 6) is -0.553. The molecule has 2 N–H and O–H groups in total. The normalized spacial score (nSPS) is 16.2. The second-order valence-electron chi connectivity index (χ2n) is 5.91. The van der Waals surface area contributed by atoms with Crippen molar-refractivity contribution in [1.82, 2.24) is 10.2 Å². The minimum atomic E-state index is -0.601. The lowest BCUT2D eigenvalue weighted by molar-refractivity contribution is -0.116. The number of halogens is 1. The number of Topliss-reactive ketones (excluding diaryl/α,β-unsaturated/α-hetero) is 1. The first kappa shape index (κ1) is 15.6. The van der Waals surface area contributed by atoms with Gasteiger partial charge in [0.25, 0.3) is 0 Å². The topological polar surface area (TPSA) is 74.8 Å². The minimum absolute atomic E-state index is 0.0811. The Morgan fingerprint density at radius 2 is 1.92 bits per heavy atom. The van der Waals surface area contributed by atoms with E-state index in [2.05, 4.69) is 15.5 Å². The van der Waals surface area contributed by atoms with Gasteiger partial charge in [0.05, 0.1) is 11.6 Å². The summed E-state index contributed by atoms with van der Waals surface area (Å²) < 4.78 is 0. The summed E-state index contributed by atoms with van der Waals surface area (Å²) in [6, 6.07) is 16.4. The fourth-order valence-electron chi connectivity index (χ4n) is 3.15. The van der Waals surface area contributed by atoms with Crippen LogP contribution in [0, 0.1) is 0 Å². The lowest BCUT2D eigenvalue weighted by Crippen LogP contribution is -2.27. The molecule has 124 valence electrons. The maximum Gasteiger partial charge on any atom is 0.226 e. The highest BCUT2D eigenvalue weighted by molar-refractivity contribution is 6.31. The summed E-state index contributed by atoms with van der Waals surface area (Å²) in [4.78, 5) is 25.1. The van der Waals surface area contributed by atoms with Crippen LogP contribution in [0.15, 0.2) is 54.6 Å². The first-order valence-electron chi connectivity index (χ1n) is 7.87. The van der Waals surface area contributed by atoms with E-state index in [-0.39, 0.29) is 18.1 Å². The number of aromatic amines is 1. The summed E-state index contributed by atoms with van der Waals surface area (Å²) in [6.45, 7) is 0. The molecule has 2 aromatic carbocycles. The van der Waals surface area contributed by atoms with Crippen molar-refractivity contribution in [2.75, 3.05) is 5.32 Å². The molecule has 6 heteroatoms. The standard InChI is InChI=1S/C19H14ClN3O2/c20-13-8-4-7-12(9-13)18(25)14-10-15(24)21-19-16(14)17(22-23-19)11-5-2-1-3-6-11/h1-9,14H,10H2,(H2,21,22,23,24). The van der Waals surface area contributed by atoms with E-state index < -0.39 is 5.92 Å². The highest BCUT2D eigenvalue weighted by Gasteiger charge is 2.35. The number of ketones is 1. The average Bonchev–Trinajstić information content (AvgIpc) is 3.05. The molecule has 1 atom stereocenters. The van der Waals surface area contributed by atoms with E-state index in [4.69, 9.17) is 11.6 Å². The molecule has 5 nitrogen and oxygen atoms in total. The fraction of sp³-hybridized carbons (Fsp3) is 0.105. The molecule has 1 aliphatic rings. The number of nitrogens with zero attached hydrogens (tertiary/aromatic N) is 1. The van der Waals surface area contributed by atoms with Gasteiger partial charge in [0.1, 0.15) is 0 Å². The predicted octanol–water partition coefficient (Wildman–Crippen LogP) is 4.04. The van der Waals surface area contributed by atoms with Gasteiger partial charge >= 0.3 is 0 Å². The Kier molecular flexibility index (Phi) is 3.86. The van der Waals surface area contributed by atoms with E-state index >= 15 is 0 Å². The van der Waals surface area contributed by atoms with Crippen LogP contribution >= 0.6 is 11.6 Å². The third-order valence-corrected chi connectivity index (χ3v) is 4.52. The number of hydrogen-bond donors (Lipinski definition) is 2. The summed E-state index contributed by atoms with van der Waals surface area (Å²) in [6.07, 6.45) is 0.0811. The first-order chi connectivity index (χ1) is 12.1. The molecule has 0 saturated heterocycles. The van der Waals surface area contributed by atoms with Gasteiger partial charge in [-0.3, -0.25) is 14.7 Å². The zero-order chi connectivity index (χ0) is 17.4. The maximum absolute atomic E-state index is 13.1. The van der Waals surface area contributed by atoms with Crippen LogP contribution in [-0.2, 0) is 4.79 Å². The predicted molar refractivity (Wildman–Crippen MR) is 95.8 cm³/mol. The van der Waals surface area contributed by atoms with Gasteiger partial charge in [-0.05, 0) is 17.7 Å². The van der Waals surface area contributed by atoms with Crippen LogP contribution in [0.25, 0.3) is 11.3 Å². The van der Waals surface area contributed by atoms with E-state index in [1.807, 2.05) is 30.3 Å². The van der Waals surface area contributed by atoms with E-state index in [9.17, 15) is 9.59 Å². The number of hydrogen-bond acceptors (Lipinski definition) is 3. The van der Waals surface area contributed by atoms with Gasteiger partial charge in [0, 0.05) is 22.6 Å². The molecule has 1 aliphatic heterocycles. The molecule has 1 amide bonds. The maximum atomic E-state index is 13.1. The van der Waals surface area contributed by atoms with Gasteiger partial charge in [-0.15, -0.1) is 0 Å². The second-order valence-corrected chi connectivity index (χ2v) is 6.34. The van der Waals surface area contributed by atoms with Gasteiger partial charge < -0.3 is 5.32 Å². The zero-order valence-corrected chi connectivity index (χ0v) is 13.9. The van der Waals surface area contributed by atoms with Crippen LogP contribution in [-0.4, -0.2) is 21.9 Å². The first-order valence-corrected chi connectivity index (χ1v) is 8.24. The summed E-state index contributed by atoms with van der Waals surface area (Å²) in [5, 5.41) is 10.4. The highest BCUT2D eigenvalue weighted by Crippen LogP contribution is 2.39. The number of H-pyrrole nitrogens is 1. The largest absolute Gasteiger partial charge is 0.309 e. The molecular formula is C19H14ClN3O2. The van der Waals surface area contributed by atoms with Crippen LogP contribution < -0.4 is 5.32 Å². The molecule has 4 rings (SSSR count). The highest BCUT2D eigenvalue weighted by atomic mass is 35.5. The molecule has 0 aliphatic carbocycles. The van der Waals surface area contributed by atoms with Crippen molar-refractivity contribution < 1.29 is 9.59 Å². The molecule has 0 radical (unpaired) electrons. The Morgan fingerprint density at radius 3 is 2.68 bits per heavy atom. The van der Waals surface area contributed by atoms with Gasteiger partial charge in [0.2, 0.25) is 5.91 Å². The zero-order valence-electron chi connectivity index (χ0n) is 13.1. The van der Waals surface area contributed by atoms with Gasteiger partial charge in [-0.1, -0.05) is 54.1 Å². The summed E-state index contributed by atoms with van der Waals surface area (Å²) in [5.41, 5.74) is 2.86. The van der Waals surface area contributed by atoms with Gasteiger partial charge in [-0.25, -0.2) is 0 Å². The average molecular weight is 352 g/mol. The quantitative estimate of drug-likeness (QED) is 0.699. The lowest BCUT2D eigenvalue weighted by atomic mass is 9.84. The summed E-state index contributed by atoms with van der Waals surface area (Å²) >= 11 is 6.01. The Balaban J connectivity index is 1.82. The lowest BCUT2D eigenvalue weighted by Gasteiger charge is -2.22. The SMILES string of the molecule is O=C1CC(C(=O)c2cccc(Cl)c2)c2c(n[nH]c2-c2ccccc2)N1.